The van der Waals surface area contributed by atoms with Gasteiger partial charge in [-0.1, -0.05) is 70.8 Å². The van der Waals surface area contributed by atoms with E-state index in [1.165, 1.54) is 57.8 Å². The van der Waals surface area contributed by atoms with Gasteiger partial charge >= 0.3 is 0 Å². The summed E-state index contributed by atoms with van der Waals surface area (Å²) in [6.07, 6.45) is 13.5. The van der Waals surface area contributed by atoms with Crippen LogP contribution in [0.15, 0.2) is 24.3 Å². The second-order valence-corrected chi connectivity index (χ2v) is 5.60. The molecular formula is C18H31NO. The zero-order valence-electron chi connectivity index (χ0n) is 13.1. The van der Waals surface area contributed by atoms with Crippen molar-refractivity contribution in [1.82, 2.24) is 0 Å². The summed E-state index contributed by atoms with van der Waals surface area (Å²) in [6, 6.07) is 7.67. The molecule has 0 aromatic heterocycles. The highest BCUT2D eigenvalue weighted by atomic mass is 16.5. The fraction of sp³-hybridized carbons (Fsp3) is 0.667. The first-order chi connectivity index (χ1) is 9.83. The molecular weight excluding hydrogens is 246 g/mol. The van der Waals surface area contributed by atoms with Gasteiger partial charge in [-0.25, -0.2) is 0 Å². The zero-order chi connectivity index (χ0) is 14.5. The predicted molar refractivity (Wildman–Crippen MR) is 88.2 cm³/mol. The molecule has 0 amide bonds. The number of hydrogen-bond acceptors (Lipinski definition) is 2. The Bertz CT molecular complexity index is 338. The van der Waals surface area contributed by atoms with Gasteiger partial charge in [-0.05, 0) is 18.6 Å². The molecule has 114 valence electrons. The summed E-state index contributed by atoms with van der Waals surface area (Å²) in [5.74, 6) is 0.890. The molecule has 20 heavy (non-hydrogen) atoms. The van der Waals surface area contributed by atoms with E-state index in [9.17, 15) is 0 Å². The van der Waals surface area contributed by atoms with Crippen molar-refractivity contribution in [3.63, 3.8) is 0 Å². The molecule has 0 saturated heterocycles. The summed E-state index contributed by atoms with van der Waals surface area (Å²) in [7, 11) is 0. The number of ether oxygens (including phenoxy) is 1. The lowest BCUT2D eigenvalue weighted by atomic mass is 10.1. The van der Waals surface area contributed by atoms with Crippen molar-refractivity contribution in [2.45, 2.75) is 71.1 Å². The van der Waals surface area contributed by atoms with Crippen LogP contribution in [0.4, 0.5) is 5.69 Å². The Balaban J connectivity index is 1.85. The molecule has 0 bridgehead atoms. The van der Waals surface area contributed by atoms with Gasteiger partial charge in [0.15, 0.2) is 0 Å². The molecule has 0 spiro atoms. The summed E-state index contributed by atoms with van der Waals surface area (Å²) < 4.78 is 5.68. The van der Waals surface area contributed by atoms with E-state index in [0.717, 1.165) is 24.5 Å². The van der Waals surface area contributed by atoms with E-state index in [1.54, 1.807) is 0 Å². The van der Waals surface area contributed by atoms with Crippen LogP contribution >= 0.6 is 0 Å². The SMILES string of the molecule is CCCCCCCCCCCCOc1cccc(N)c1. The van der Waals surface area contributed by atoms with Crippen LogP contribution < -0.4 is 10.5 Å². The summed E-state index contributed by atoms with van der Waals surface area (Å²) >= 11 is 0. The molecule has 2 N–H and O–H groups in total. The highest BCUT2D eigenvalue weighted by Crippen LogP contribution is 2.15. The van der Waals surface area contributed by atoms with Gasteiger partial charge in [-0.2, -0.15) is 0 Å². The number of nitrogen functional groups attached to an aromatic ring is 1. The van der Waals surface area contributed by atoms with Gasteiger partial charge in [0.25, 0.3) is 0 Å². The molecule has 0 radical (unpaired) electrons. The van der Waals surface area contributed by atoms with Crippen molar-refractivity contribution in [3.05, 3.63) is 24.3 Å². The fourth-order valence-corrected chi connectivity index (χ4v) is 2.38. The Hall–Kier alpha value is -1.18. The molecule has 0 fully saturated rings. The van der Waals surface area contributed by atoms with Crippen LogP contribution in [0.5, 0.6) is 5.75 Å². The van der Waals surface area contributed by atoms with E-state index in [4.69, 9.17) is 10.5 Å². The topological polar surface area (TPSA) is 35.2 Å². The summed E-state index contributed by atoms with van der Waals surface area (Å²) in [5, 5.41) is 0. The van der Waals surface area contributed by atoms with Crippen molar-refractivity contribution < 1.29 is 4.74 Å². The van der Waals surface area contributed by atoms with Crippen LogP contribution in [0.3, 0.4) is 0 Å². The molecule has 1 aromatic carbocycles. The first kappa shape index (κ1) is 16.9. The van der Waals surface area contributed by atoms with Crippen molar-refractivity contribution >= 4 is 5.69 Å². The van der Waals surface area contributed by atoms with Crippen LogP contribution in [0.2, 0.25) is 0 Å². The van der Waals surface area contributed by atoms with Crippen molar-refractivity contribution in [2.24, 2.45) is 0 Å². The summed E-state index contributed by atoms with van der Waals surface area (Å²) in [6.45, 7) is 3.08. The van der Waals surface area contributed by atoms with Crippen molar-refractivity contribution in [3.8, 4) is 5.75 Å². The summed E-state index contributed by atoms with van der Waals surface area (Å²) in [4.78, 5) is 0. The van der Waals surface area contributed by atoms with E-state index in [-0.39, 0.29) is 0 Å². The Morgan fingerprint density at radius 1 is 0.850 bits per heavy atom. The van der Waals surface area contributed by atoms with E-state index in [0.29, 0.717) is 0 Å². The van der Waals surface area contributed by atoms with Crippen molar-refractivity contribution in [1.29, 1.82) is 0 Å². The summed E-state index contributed by atoms with van der Waals surface area (Å²) in [5.41, 5.74) is 6.48. The predicted octanol–water partition coefficient (Wildman–Crippen LogP) is 5.57. The van der Waals surface area contributed by atoms with Gasteiger partial charge < -0.3 is 10.5 Å². The van der Waals surface area contributed by atoms with Crippen LogP contribution in [-0.4, -0.2) is 6.61 Å². The van der Waals surface area contributed by atoms with E-state index in [2.05, 4.69) is 6.92 Å². The highest BCUT2D eigenvalue weighted by Gasteiger charge is 1.95. The minimum atomic E-state index is 0.769. The van der Waals surface area contributed by atoms with E-state index in [1.807, 2.05) is 24.3 Å². The monoisotopic (exact) mass is 277 g/mol. The van der Waals surface area contributed by atoms with Gasteiger partial charge in [0.2, 0.25) is 0 Å². The molecule has 0 aliphatic rings. The number of unbranched alkanes of at least 4 members (excludes halogenated alkanes) is 9. The molecule has 1 aromatic rings. The van der Waals surface area contributed by atoms with Gasteiger partial charge in [0.05, 0.1) is 6.61 Å². The molecule has 0 unspecified atom stereocenters. The minimum Gasteiger partial charge on any atom is -0.494 e. The first-order valence-electron chi connectivity index (χ1n) is 8.31. The molecule has 0 heterocycles. The average Bonchev–Trinajstić information content (AvgIpc) is 2.45. The minimum absolute atomic E-state index is 0.769. The molecule has 0 aliphatic heterocycles. The van der Waals surface area contributed by atoms with Crippen LogP contribution in [0, 0.1) is 0 Å². The van der Waals surface area contributed by atoms with Crippen LogP contribution in [0.1, 0.15) is 71.1 Å². The van der Waals surface area contributed by atoms with Gasteiger partial charge in [0.1, 0.15) is 5.75 Å². The normalized spacial score (nSPS) is 10.7. The number of benzene rings is 1. The largest absolute Gasteiger partial charge is 0.494 e. The smallest absolute Gasteiger partial charge is 0.121 e. The third kappa shape index (κ3) is 8.84. The lowest BCUT2D eigenvalue weighted by molar-refractivity contribution is 0.304. The van der Waals surface area contributed by atoms with Crippen molar-refractivity contribution in [2.75, 3.05) is 12.3 Å². The van der Waals surface area contributed by atoms with E-state index >= 15 is 0 Å². The Morgan fingerprint density at radius 3 is 2.05 bits per heavy atom. The lowest BCUT2D eigenvalue weighted by Gasteiger charge is -2.06. The fourth-order valence-electron chi connectivity index (χ4n) is 2.38. The zero-order valence-corrected chi connectivity index (χ0v) is 13.1. The number of anilines is 1. The molecule has 1 rings (SSSR count). The first-order valence-corrected chi connectivity index (χ1v) is 8.31. The maximum atomic E-state index is 5.71. The highest BCUT2D eigenvalue weighted by molar-refractivity contribution is 5.43. The lowest BCUT2D eigenvalue weighted by Crippen LogP contribution is -1.97. The third-order valence-electron chi connectivity index (χ3n) is 3.62. The average molecular weight is 277 g/mol. The second-order valence-electron chi connectivity index (χ2n) is 5.60. The number of rotatable bonds is 12. The number of hydrogen-bond donors (Lipinski definition) is 1. The Kier molecular flexibility index (Phi) is 9.81. The van der Waals surface area contributed by atoms with Crippen LogP contribution in [-0.2, 0) is 0 Å². The quantitative estimate of drug-likeness (QED) is 0.400. The second kappa shape index (κ2) is 11.6. The maximum Gasteiger partial charge on any atom is 0.121 e. The molecule has 0 aliphatic carbocycles. The number of nitrogens with two attached hydrogens (primary N) is 1. The molecule has 0 atom stereocenters. The van der Waals surface area contributed by atoms with Gasteiger partial charge in [0, 0.05) is 11.8 Å². The van der Waals surface area contributed by atoms with Crippen LogP contribution in [0.25, 0.3) is 0 Å². The molecule has 2 heteroatoms. The van der Waals surface area contributed by atoms with Gasteiger partial charge in [-0.15, -0.1) is 0 Å². The molecule has 0 saturated carbocycles. The maximum absolute atomic E-state index is 5.71. The Labute approximate surface area is 124 Å². The van der Waals surface area contributed by atoms with Gasteiger partial charge in [-0.3, -0.25) is 0 Å². The standard InChI is InChI=1S/C18H31NO/c1-2-3-4-5-6-7-8-9-10-11-15-20-18-14-12-13-17(19)16-18/h12-14,16H,2-11,15,19H2,1H3. The third-order valence-corrected chi connectivity index (χ3v) is 3.62. The Morgan fingerprint density at radius 2 is 1.45 bits per heavy atom. The van der Waals surface area contributed by atoms with E-state index < -0.39 is 0 Å². The molecule has 2 nitrogen and oxygen atoms in total.